The Kier molecular flexibility index (Phi) is 7.83. The summed E-state index contributed by atoms with van der Waals surface area (Å²) in [6.07, 6.45) is 1.96. The molecule has 2 saturated heterocycles. The number of ether oxygens (including phenoxy) is 4. The Balaban J connectivity index is 1.34. The van der Waals surface area contributed by atoms with Gasteiger partial charge in [0.1, 0.15) is 36.2 Å². The Labute approximate surface area is 225 Å². The third kappa shape index (κ3) is 6.61. The number of nitrogens with one attached hydrogen (secondary N) is 1. The van der Waals surface area contributed by atoms with Crippen LogP contribution >= 0.6 is 11.6 Å². The first-order valence-electron chi connectivity index (χ1n) is 12.6. The van der Waals surface area contributed by atoms with Crippen LogP contribution in [0.4, 0.5) is 15.9 Å². The van der Waals surface area contributed by atoms with Crippen LogP contribution in [0.1, 0.15) is 26.7 Å². The van der Waals surface area contributed by atoms with Crippen LogP contribution < -0.4 is 14.8 Å². The number of benzene rings is 2. The first kappa shape index (κ1) is 26.4. The van der Waals surface area contributed by atoms with Crippen molar-refractivity contribution in [1.82, 2.24) is 14.9 Å². The van der Waals surface area contributed by atoms with E-state index in [4.69, 9.17) is 30.5 Å². The number of carbonyl (C=O) groups is 1. The molecular weight excluding hydrogens is 515 g/mol. The smallest absolute Gasteiger partial charge is 0.320 e. The number of halogens is 2. The number of nitrogens with zero attached hydrogens (tertiary/aromatic N) is 3. The van der Waals surface area contributed by atoms with E-state index in [9.17, 15) is 9.18 Å². The van der Waals surface area contributed by atoms with E-state index < -0.39 is 11.4 Å². The molecule has 0 amide bonds. The first-order chi connectivity index (χ1) is 18.2. The van der Waals surface area contributed by atoms with Crippen molar-refractivity contribution in [2.75, 3.05) is 44.8 Å². The number of carbonyl (C=O) groups excluding carboxylic acids is 1. The highest BCUT2D eigenvalue weighted by molar-refractivity contribution is 6.31. The fourth-order valence-electron chi connectivity index (χ4n) is 4.59. The molecule has 1 aromatic heterocycles. The zero-order valence-corrected chi connectivity index (χ0v) is 22.1. The van der Waals surface area contributed by atoms with Crippen molar-refractivity contribution in [3.63, 3.8) is 0 Å². The molecule has 1 atom stereocenters. The number of anilines is 2. The molecule has 2 aromatic carbocycles. The van der Waals surface area contributed by atoms with Gasteiger partial charge in [0.15, 0.2) is 0 Å². The summed E-state index contributed by atoms with van der Waals surface area (Å²) in [7, 11) is 0. The summed E-state index contributed by atoms with van der Waals surface area (Å²) in [4.78, 5) is 23.0. The molecule has 9 nitrogen and oxygen atoms in total. The molecule has 2 fully saturated rings. The molecule has 0 aliphatic carbocycles. The monoisotopic (exact) mass is 544 g/mol. The average Bonchev–Trinajstić information content (AvgIpc) is 3.38. The third-order valence-electron chi connectivity index (χ3n) is 6.27. The standard InChI is InChI=1S/C27H30ClFN4O5/c1-27(2)16-33(14-24(34)38-27)9-11-36-18-6-8-23-20(13-18)25(30-17-5-7-22(29)21(28)12-17)32-26(31-23)37-15-19-4-3-10-35-19/h5-8,12-13,19H,3-4,9-11,14-16H2,1-2H3,(H,30,31,32). The molecule has 1 unspecified atom stereocenters. The Morgan fingerprint density at radius 2 is 2.08 bits per heavy atom. The molecule has 2 aliphatic heterocycles. The van der Waals surface area contributed by atoms with Crippen molar-refractivity contribution in [3.8, 4) is 11.8 Å². The Hall–Kier alpha value is -3.21. The molecule has 202 valence electrons. The summed E-state index contributed by atoms with van der Waals surface area (Å²) in [6, 6.07) is 10.0. The van der Waals surface area contributed by atoms with Gasteiger partial charge < -0.3 is 24.3 Å². The van der Waals surface area contributed by atoms with Crippen molar-refractivity contribution >= 4 is 40.0 Å². The summed E-state index contributed by atoms with van der Waals surface area (Å²) in [5.74, 6) is 0.337. The molecular formula is C27H30ClFN4O5. The quantitative estimate of drug-likeness (QED) is 0.383. The largest absolute Gasteiger partial charge is 0.492 e. The molecule has 0 spiro atoms. The second kappa shape index (κ2) is 11.3. The van der Waals surface area contributed by atoms with Crippen molar-refractivity contribution < 1.29 is 28.1 Å². The number of hydrogen-bond acceptors (Lipinski definition) is 9. The summed E-state index contributed by atoms with van der Waals surface area (Å²) in [5.41, 5.74) is 0.682. The Bertz CT molecular complexity index is 1320. The van der Waals surface area contributed by atoms with Gasteiger partial charge in [-0.3, -0.25) is 9.69 Å². The van der Waals surface area contributed by atoms with Crippen LogP contribution in [-0.4, -0.2) is 72.0 Å². The molecule has 0 saturated carbocycles. The van der Waals surface area contributed by atoms with Crippen molar-refractivity contribution in [3.05, 3.63) is 47.2 Å². The molecule has 3 aromatic rings. The van der Waals surface area contributed by atoms with Crippen LogP contribution in [-0.2, 0) is 14.3 Å². The van der Waals surface area contributed by atoms with Crippen LogP contribution in [0.2, 0.25) is 5.02 Å². The van der Waals surface area contributed by atoms with E-state index in [2.05, 4.69) is 15.3 Å². The van der Waals surface area contributed by atoms with Gasteiger partial charge in [-0.2, -0.15) is 9.97 Å². The van der Waals surface area contributed by atoms with Gasteiger partial charge in [-0.25, -0.2) is 4.39 Å². The first-order valence-corrected chi connectivity index (χ1v) is 13.0. The van der Waals surface area contributed by atoms with E-state index in [-0.39, 0.29) is 29.7 Å². The maximum absolute atomic E-state index is 13.7. The molecule has 3 heterocycles. The number of esters is 1. The highest BCUT2D eigenvalue weighted by Gasteiger charge is 2.32. The lowest BCUT2D eigenvalue weighted by Crippen LogP contribution is -2.51. The minimum atomic E-state index is -0.525. The number of aromatic nitrogens is 2. The predicted molar refractivity (Wildman–Crippen MR) is 141 cm³/mol. The fourth-order valence-corrected chi connectivity index (χ4v) is 4.77. The van der Waals surface area contributed by atoms with E-state index in [0.717, 1.165) is 19.4 Å². The van der Waals surface area contributed by atoms with Crippen LogP contribution in [0, 0.1) is 5.82 Å². The van der Waals surface area contributed by atoms with Gasteiger partial charge in [-0.05, 0) is 63.1 Å². The lowest BCUT2D eigenvalue weighted by molar-refractivity contribution is -0.169. The van der Waals surface area contributed by atoms with Gasteiger partial charge in [0.2, 0.25) is 0 Å². The summed E-state index contributed by atoms with van der Waals surface area (Å²) >= 11 is 5.99. The average molecular weight is 545 g/mol. The van der Waals surface area contributed by atoms with E-state index >= 15 is 0 Å². The minimum absolute atomic E-state index is 0.00277. The van der Waals surface area contributed by atoms with Gasteiger partial charge in [-0.1, -0.05) is 11.6 Å². The summed E-state index contributed by atoms with van der Waals surface area (Å²) in [5, 5.41) is 3.89. The minimum Gasteiger partial charge on any atom is -0.492 e. The van der Waals surface area contributed by atoms with Gasteiger partial charge in [0, 0.05) is 30.8 Å². The highest BCUT2D eigenvalue weighted by Crippen LogP contribution is 2.31. The SMILES string of the molecule is CC1(C)CN(CCOc2ccc3nc(OCC4CCCO4)nc(Nc4ccc(F)c(Cl)c4)c3c2)CC(=O)O1. The zero-order valence-electron chi connectivity index (χ0n) is 21.3. The lowest BCUT2D eigenvalue weighted by atomic mass is 10.1. The summed E-state index contributed by atoms with van der Waals surface area (Å²) < 4.78 is 36.6. The van der Waals surface area contributed by atoms with Crippen molar-refractivity contribution in [2.45, 2.75) is 38.4 Å². The molecule has 11 heteroatoms. The maximum Gasteiger partial charge on any atom is 0.320 e. The van der Waals surface area contributed by atoms with Gasteiger partial charge in [0.05, 0.1) is 23.2 Å². The number of rotatable bonds is 9. The van der Waals surface area contributed by atoms with Crippen LogP contribution in [0.25, 0.3) is 10.9 Å². The molecule has 2 aliphatic rings. The maximum atomic E-state index is 13.7. The molecule has 5 rings (SSSR count). The van der Waals surface area contributed by atoms with Gasteiger partial charge in [0.25, 0.3) is 0 Å². The fraction of sp³-hybridized carbons (Fsp3) is 0.444. The second-order valence-electron chi connectivity index (χ2n) is 10.0. The van der Waals surface area contributed by atoms with Crippen molar-refractivity contribution in [2.24, 2.45) is 0 Å². The van der Waals surface area contributed by atoms with Gasteiger partial charge >= 0.3 is 12.0 Å². The normalized spacial score (nSPS) is 19.4. The second-order valence-corrected chi connectivity index (χ2v) is 10.4. The van der Waals surface area contributed by atoms with Gasteiger partial charge in [-0.15, -0.1) is 0 Å². The number of cyclic esters (lactones) is 1. The van der Waals surface area contributed by atoms with E-state index in [0.29, 0.717) is 54.5 Å². The number of morpholine rings is 1. The topological polar surface area (TPSA) is 95.0 Å². The highest BCUT2D eigenvalue weighted by atomic mass is 35.5. The van der Waals surface area contributed by atoms with Crippen LogP contribution in [0.5, 0.6) is 11.8 Å². The van der Waals surface area contributed by atoms with E-state index in [1.807, 2.05) is 36.9 Å². The molecule has 0 radical (unpaired) electrons. The summed E-state index contributed by atoms with van der Waals surface area (Å²) in [6.45, 7) is 6.70. The van der Waals surface area contributed by atoms with E-state index in [1.54, 1.807) is 6.07 Å². The third-order valence-corrected chi connectivity index (χ3v) is 6.56. The van der Waals surface area contributed by atoms with E-state index in [1.165, 1.54) is 12.1 Å². The lowest BCUT2D eigenvalue weighted by Gasteiger charge is -2.37. The number of hydrogen-bond donors (Lipinski definition) is 1. The van der Waals surface area contributed by atoms with Crippen molar-refractivity contribution in [1.29, 1.82) is 0 Å². The number of fused-ring (bicyclic) bond motifs is 1. The molecule has 1 N–H and O–H groups in total. The zero-order chi connectivity index (χ0) is 26.7. The Morgan fingerprint density at radius 3 is 2.84 bits per heavy atom. The molecule has 38 heavy (non-hydrogen) atoms. The predicted octanol–water partition coefficient (Wildman–Crippen LogP) is 4.74. The molecule has 0 bridgehead atoms. The van der Waals surface area contributed by atoms with Crippen LogP contribution in [0.15, 0.2) is 36.4 Å². The van der Waals surface area contributed by atoms with Crippen LogP contribution in [0.3, 0.4) is 0 Å². The Morgan fingerprint density at radius 1 is 1.21 bits per heavy atom.